The van der Waals surface area contributed by atoms with Crippen LogP contribution in [0.5, 0.6) is 0 Å². The second-order valence-electron chi connectivity index (χ2n) is 5.88. The third kappa shape index (κ3) is 3.20. The quantitative estimate of drug-likeness (QED) is 0.931. The molecule has 3 rings (SSSR count). The van der Waals surface area contributed by atoms with Gasteiger partial charge in [-0.25, -0.2) is 0 Å². The molecule has 0 bridgehead atoms. The Labute approximate surface area is 126 Å². The molecule has 2 aromatic rings. The standard InChI is InChI=1S/C17H24N4/c1-14(15-12-18-20(2)13-15)19-16-8-4-5-9-17(16)21-10-6-3-7-11-21/h4-5,8-9,12-14,19H,3,6-7,10-11H2,1-2H3. The Kier molecular flexibility index (Phi) is 4.13. The first-order valence-electron chi connectivity index (χ1n) is 7.83. The summed E-state index contributed by atoms with van der Waals surface area (Å²) in [5.41, 5.74) is 3.76. The number of hydrogen-bond donors (Lipinski definition) is 1. The lowest BCUT2D eigenvalue weighted by Crippen LogP contribution is -2.30. The van der Waals surface area contributed by atoms with E-state index < -0.39 is 0 Å². The van der Waals surface area contributed by atoms with Gasteiger partial charge < -0.3 is 10.2 Å². The summed E-state index contributed by atoms with van der Waals surface area (Å²) in [6, 6.07) is 8.89. The molecule has 1 aromatic heterocycles. The summed E-state index contributed by atoms with van der Waals surface area (Å²) in [6.45, 7) is 4.52. The van der Waals surface area contributed by atoms with E-state index in [0.29, 0.717) is 0 Å². The lowest BCUT2D eigenvalue weighted by atomic mass is 10.1. The van der Waals surface area contributed by atoms with Crippen molar-refractivity contribution < 1.29 is 0 Å². The lowest BCUT2D eigenvalue weighted by molar-refractivity contribution is 0.578. The van der Waals surface area contributed by atoms with Crippen molar-refractivity contribution >= 4 is 11.4 Å². The fourth-order valence-corrected chi connectivity index (χ4v) is 2.99. The first-order valence-corrected chi connectivity index (χ1v) is 7.83. The third-order valence-corrected chi connectivity index (χ3v) is 4.20. The number of nitrogens with zero attached hydrogens (tertiary/aromatic N) is 3. The number of benzene rings is 1. The molecular formula is C17H24N4. The molecule has 0 spiro atoms. The number of aromatic nitrogens is 2. The molecule has 4 nitrogen and oxygen atoms in total. The molecule has 1 unspecified atom stereocenters. The zero-order chi connectivity index (χ0) is 14.7. The molecule has 1 saturated heterocycles. The van der Waals surface area contributed by atoms with Gasteiger partial charge in [-0.3, -0.25) is 4.68 Å². The smallest absolute Gasteiger partial charge is 0.0602 e. The van der Waals surface area contributed by atoms with Gasteiger partial charge in [0.05, 0.1) is 23.6 Å². The second kappa shape index (κ2) is 6.20. The summed E-state index contributed by atoms with van der Waals surface area (Å²) < 4.78 is 1.85. The van der Waals surface area contributed by atoms with Gasteiger partial charge in [0.1, 0.15) is 0 Å². The van der Waals surface area contributed by atoms with E-state index >= 15 is 0 Å². The number of hydrogen-bond acceptors (Lipinski definition) is 3. The zero-order valence-corrected chi connectivity index (χ0v) is 12.9. The number of para-hydroxylation sites is 2. The van der Waals surface area contributed by atoms with Gasteiger partial charge in [-0.15, -0.1) is 0 Å². The normalized spacial score (nSPS) is 16.8. The molecule has 4 heteroatoms. The van der Waals surface area contributed by atoms with Crippen molar-refractivity contribution in [2.24, 2.45) is 7.05 Å². The molecule has 112 valence electrons. The van der Waals surface area contributed by atoms with Gasteiger partial charge in [-0.2, -0.15) is 5.10 Å². The van der Waals surface area contributed by atoms with Crippen molar-refractivity contribution in [1.82, 2.24) is 9.78 Å². The predicted molar refractivity (Wildman–Crippen MR) is 87.8 cm³/mol. The fraction of sp³-hybridized carbons (Fsp3) is 0.471. The number of rotatable bonds is 4. The molecule has 1 atom stereocenters. The van der Waals surface area contributed by atoms with E-state index in [1.165, 1.54) is 49.3 Å². The largest absolute Gasteiger partial charge is 0.377 e. The minimum Gasteiger partial charge on any atom is -0.377 e. The van der Waals surface area contributed by atoms with Crippen molar-refractivity contribution in [3.63, 3.8) is 0 Å². The fourth-order valence-electron chi connectivity index (χ4n) is 2.99. The van der Waals surface area contributed by atoms with Crippen molar-refractivity contribution in [2.75, 3.05) is 23.3 Å². The van der Waals surface area contributed by atoms with Crippen molar-refractivity contribution in [2.45, 2.75) is 32.2 Å². The van der Waals surface area contributed by atoms with Crippen LogP contribution in [-0.2, 0) is 7.05 Å². The molecule has 2 heterocycles. The highest BCUT2D eigenvalue weighted by molar-refractivity contribution is 5.70. The average molecular weight is 284 g/mol. The van der Waals surface area contributed by atoms with Crippen LogP contribution in [0.2, 0.25) is 0 Å². The number of nitrogens with one attached hydrogen (secondary N) is 1. The maximum absolute atomic E-state index is 4.26. The van der Waals surface area contributed by atoms with E-state index in [1.807, 2.05) is 17.9 Å². The van der Waals surface area contributed by atoms with Gasteiger partial charge in [0, 0.05) is 31.9 Å². The Balaban J connectivity index is 1.78. The summed E-state index contributed by atoms with van der Waals surface area (Å²) in [4.78, 5) is 2.50. The average Bonchev–Trinajstić information content (AvgIpc) is 2.95. The highest BCUT2D eigenvalue weighted by atomic mass is 15.2. The van der Waals surface area contributed by atoms with E-state index in [4.69, 9.17) is 0 Å². The Morgan fingerprint density at radius 1 is 1.14 bits per heavy atom. The van der Waals surface area contributed by atoms with Crippen LogP contribution in [0.3, 0.4) is 0 Å². The molecule has 1 aliphatic heterocycles. The molecule has 21 heavy (non-hydrogen) atoms. The first kappa shape index (κ1) is 14.0. The molecule has 0 amide bonds. The maximum Gasteiger partial charge on any atom is 0.0602 e. The molecule has 0 radical (unpaired) electrons. The number of piperidine rings is 1. The highest BCUT2D eigenvalue weighted by Crippen LogP contribution is 2.30. The van der Waals surface area contributed by atoms with Crippen molar-refractivity contribution in [1.29, 1.82) is 0 Å². The molecule has 1 aromatic carbocycles. The van der Waals surface area contributed by atoms with Crippen LogP contribution >= 0.6 is 0 Å². The molecule has 1 fully saturated rings. The summed E-state index contributed by atoms with van der Waals surface area (Å²) in [7, 11) is 1.96. The minimum absolute atomic E-state index is 0.254. The third-order valence-electron chi connectivity index (χ3n) is 4.20. The predicted octanol–water partition coefficient (Wildman–Crippen LogP) is 3.58. The van der Waals surface area contributed by atoms with E-state index in [0.717, 1.165) is 0 Å². The summed E-state index contributed by atoms with van der Waals surface area (Å²) >= 11 is 0. The van der Waals surface area contributed by atoms with Crippen LogP contribution < -0.4 is 10.2 Å². The monoisotopic (exact) mass is 284 g/mol. The Morgan fingerprint density at radius 2 is 1.90 bits per heavy atom. The van der Waals surface area contributed by atoms with Crippen molar-refractivity contribution in [3.05, 3.63) is 42.2 Å². The second-order valence-corrected chi connectivity index (χ2v) is 5.88. The van der Waals surface area contributed by atoms with Crippen LogP contribution in [0.25, 0.3) is 0 Å². The first-order chi connectivity index (χ1) is 10.2. The summed E-state index contributed by atoms with van der Waals surface area (Å²) in [5.74, 6) is 0. The highest BCUT2D eigenvalue weighted by Gasteiger charge is 2.16. The minimum atomic E-state index is 0.254. The lowest BCUT2D eigenvalue weighted by Gasteiger charge is -2.31. The van der Waals surface area contributed by atoms with Gasteiger partial charge in [0.25, 0.3) is 0 Å². The van der Waals surface area contributed by atoms with Gasteiger partial charge >= 0.3 is 0 Å². The summed E-state index contributed by atoms with van der Waals surface area (Å²) in [5, 5.41) is 7.90. The van der Waals surface area contributed by atoms with Crippen LogP contribution in [-0.4, -0.2) is 22.9 Å². The van der Waals surface area contributed by atoms with E-state index in [-0.39, 0.29) is 6.04 Å². The molecular weight excluding hydrogens is 260 g/mol. The topological polar surface area (TPSA) is 33.1 Å². The van der Waals surface area contributed by atoms with Crippen LogP contribution in [0.4, 0.5) is 11.4 Å². The molecule has 0 saturated carbocycles. The van der Waals surface area contributed by atoms with E-state index in [1.54, 1.807) is 0 Å². The number of aryl methyl sites for hydroxylation is 1. The van der Waals surface area contributed by atoms with Gasteiger partial charge in [0.15, 0.2) is 0 Å². The Morgan fingerprint density at radius 3 is 2.62 bits per heavy atom. The van der Waals surface area contributed by atoms with Crippen LogP contribution in [0.1, 0.15) is 37.8 Å². The van der Waals surface area contributed by atoms with Gasteiger partial charge in [-0.1, -0.05) is 12.1 Å². The van der Waals surface area contributed by atoms with Gasteiger partial charge in [0.2, 0.25) is 0 Å². The van der Waals surface area contributed by atoms with Crippen LogP contribution in [0, 0.1) is 0 Å². The molecule has 1 N–H and O–H groups in total. The maximum atomic E-state index is 4.26. The van der Waals surface area contributed by atoms with Crippen LogP contribution in [0.15, 0.2) is 36.7 Å². The summed E-state index contributed by atoms with van der Waals surface area (Å²) in [6.07, 6.45) is 7.96. The number of anilines is 2. The molecule has 0 aliphatic carbocycles. The van der Waals surface area contributed by atoms with E-state index in [2.05, 4.69) is 52.7 Å². The van der Waals surface area contributed by atoms with Crippen molar-refractivity contribution in [3.8, 4) is 0 Å². The zero-order valence-electron chi connectivity index (χ0n) is 12.9. The van der Waals surface area contributed by atoms with Gasteiger partial charge in [-0.05, 0) is 38.3 Å². The molecule has 1 aliphatic rings. The Hall–Kier alpha value is -1.97. The Bertz CT molecular complexity index is 584. The SMILES string of the molecule is CC(Nc1ccccc1N1CCCCC1)c1cnn(C)c1. The van der Waals surface area contributed by atoms with E-state index in [9.17, 15) is 0 Å².